The van der Waals surface area contributed by atoms with Crippen LogP contribution in [0.4, 0.5) is 17.3 Å². The molecule has 1 aromatic carbocycles. The van der Waals surface area contributed by atoms with Crippen molar-refractivity contribution in [3.63, 3.8) is 0 Å². The second kappa shape index (κ2) is 4.77. The Balaban J connectivity index is 2.10. The summed E-state index contributed by atoms with van der Waals surface area (Å²) in [6.07, 6.45) is 3.62. The minimum Gasteiger partial charge on any atom is -0.383 e. The second-order valence-electron chi connectivity index (χ2n) is 4.66. The fourth-order valence-electron chi connectivity index (χ4n) is 2.12. The van der Waals surface area contributed by atoms with Crippen molar-refractivity contribution >= 4 is 28.1 Å². The van der Waals surface area contributed by atoms with E-state index in [2.05, 4.69) is 26.3 Å². The summed E-state index contributed by atoms with van der Waals surface area (Å²) in [6, 6.07) is 8.02. The molecule has 2 heterocycles. The van der Waals surface area contributed by atoms with Gasteiger partial charge in [-0.2, -0.15) is 0 Å². The van der Waals surface area contributed by atoms with Gasteiger partial charge < -0.3 is 11.1 Å². The number of benzene rings is 1. The van der Waals surface area contributed by atoms with E-state index >= 15 is 0 Å². The van der Waals surface area contributed by atoms with E-state index in [-0.39, 0.29) is 0 Å². The molecule has 0 fully saturated rings. The highest BCUT2D eigenvalue weighted by atomic mass is 15.1. The number of nitrogens with two attached hydrogens (primary N) is 1. The van der Waals surface area contributed by atoms with E-state index in [4.69, 9.17) is 5.73 Å². The number of aromatic nitrogens is 3. The zero-order valence-electron chi connectivity index (χ0n) is 11.4. The largest absolute Gasteiger partial charge is 0.383 e. The lowest BCUT2D eigenvalue weighted by Gasteiger charge is -2.12. The van der Waals surface area contributed by atoms with E-state index in [1.807, 2.05) is 38.2 Å². The number of nitrogens with zero attached hydrogens (tertiary/aromatic N) is 3. The molecule has 0 unspecified atom stereocenters. The third kappa shape index (κ3) is 2.14. The molecule has 2 aromatic heterocycles. The monoisotopic (exact) mass is 265 g/mol. The predicted octanol–water partition coefficient (Wildman–Crippen LogP) is 2.97. The van der Waals surface area contributed by atoms with Gasteiger partial charge in [0.1, 0.15) is 17.5 Å². The van der Waals surface area contributed by atoms with Crippen LogP contribution in [0.15, 0.2) is 36.7 Å². The Labute approximate surface area is 116 Å². The minimum atomic E-state index is 0.498. The topological polar surface area (TPSA) is 76.7 Å². The van der Waals surface area contributed by atoms with Gasteiger partial charge in [0.05, 0.1) is 0 Å². The fraction of sp³-hybridized carbons (Fsp3) is 0.133. The molecule has 0 amide bonds. The molecule has 0 aliphatic heterocycles. The maximum Gasteiger partial charge on any atom is 0.139 e. The summed E-state index contributed by atoms with van der Waals surface area (Å²) in [6.45, 7) is 3.73. The van der Waals surface area contributed by atoms with Crippen molar-refractivity contribution < 1.29 is 0 Å². The predicted molar refractivity (Wildman–Crippen MR) is 80.9 cm³/mol. The maximum atomic E-state index is 5.88. The highest BCUT2D eigenvalue weighted by molar-refractivity contribution is 5.94. The van der Waals surface area contributed by atoms with Crippen LogP contribution in [-0.2, 0) is 0 Å². The van der Waals surface area contributed by atoms with Gasteiger partial charge in [0, 0.05) is 29.0 Å². The summed E-state index contributed by atoms with van der Waals surface area (Å²) in [7, 11) is 0. The summed E-state index contributed by atoms with van der Waals surface area (Å²) in [4.78, 5) is 12.7. The summed E-state index contributed by atoms with van der Waals surface area (Å²) < 4.78 is 0. The molecular weight excluding hydrogens is 250 g/mol. The lowest BCUT2D eigenvalue weighted by molar-refractivity contribution is 1.05. The molecule has 5 nitrogen and oxygen atoms in total. The Kier molecular flexibility index (Phi) is 2.95. The number of rotatable bonds is 2. The van der Waals surface area contributed by atoms with Crippen LogP contribution in [0.1, 0.15) is 11.4 Å². The highest BCUT2D eigenvalue weighted by Crippen LogP contribution is 2.27. The molecule has 20 heavy (non-hydrogen) atoms. The highest BCUT2D eigenvalue weighted by Gasteiger charge is 2.08. The molecule has 0 bridgehead atoms. The Morgan fingerprint density at radius 1 is 1.10 bits per heavy atom. The van der Waals surface area contributed by atoms with Gasteiger partial charge in [-0.05, 0) is 31.4 Å². The molecule has 0 aliphatic carbocycles. The molecule has 3 rings (SSSR count). The first-order chi connectivity index (χ1) is 9.65. The van der Waals surface area contributed by atoms with Gasteiger partial charge in [-0.25, -0.2) is 9.97 Å². The van der Waals surface area contributed by atoms with Crippen LogP contribution in [0.3, 0.4) is 0 Å². The molecule has 3 N–H and O–H groups in total. The number of pyridine rings is 1. The van der Waals surface area contributed by atoms with Crippen molar-refractivity contribution in [2.75, 3.05) is 11.1 Å². The number of anilines is 3. The summed E-state index contributed by atoms with van der Waals surface area (Å²) >= 11 is 0. The molecule has 100 valence electrons. The van der Waals surface area contributed by atoms with Crippen LogP contribution in [0.5, 0.6) is 0 Å². The second-order valence-corrected chi connectivity index (χ2v) is 4.66. The van der Waals surface area contributed by atoms with E-state index in [0.717, 1.165) is 27.8 Å². The zero-order chi connectivity index (χ0) is 14.1. The molecule has 0 radical (unpaired) electrons. The summed E-state index contributed by atoms with van der Waals surface area (Å²) in [5.41, 5.74) is 7.68. The zero-order valence-corrected chi connectivity index (χ0v) is 11.4. The van der Waals surface area contributed by atoms with E-state index in [1.54, 1.807) is 6.20 Å². The lowest BCUT2D eigenvalue weighted by atomic mass is 10.1. The first-order valence-corrected chi connectivity index (χ1v) is 6.35. The van der Waals surface area contributed by atoms with E-state index < -0.39 is 0 Å². The van der Waals surface area contributed by atoms with Crippen LogP contribution in [0.2, 0.25) is 0 Å². The van der Waals surface area contributed by atoms with Crippen molar-refractivity contribution in [1.82, 2.24) is 15.0 Å². The molecule has 3 aromatic rings. The van der Waals surface area contributed by atoms with E-state index in [1.165, 1.54) is 0 Å². The number of hydrogen-bond donors (Lipinski definition) is 2. The molecular formula is C15H15N5. The lowest BCUT2D eigenvalue weighted by Crippen LogP contribution is -2.05. The standard InChI is InChI=1S/C15H15N5/c1-9-14(16)18-10(2)19-15(9)20-13-5-3-4-11-6-7-17-8-12(11)13/h3-8H,1-2H3,(H3,16,18,19,20). The van der Waals surface area contributed by atoms with Crippen molar-refractivity contribution in [1.29, 1.82) is 0 Å². The van der Waals surface area contributed by atoms with E-state index in [0.29, 0.717) is 11.6 Å². The Morgan fingerprint density at radius 3 is 2.80 bits per heavy atom. The van der Waals surface area contributed by atoms with Crippen molar-refractivity contribution in [2.24, 2.45) is 0 Å². The molecule has 0 spiro atoms. The van der Waals surface area contributed by atoms with Crippen LogP contribution in [0.25, 0.3) is 10.8 Å². The summed E-state index contributed by atoms with van der Waals surface area (Å²) in [5, 5.41) is 5.50. The third-order valence-corrected chi connectivity index (χ3v) is 3.23. The quantitative estimate of drug-likeness (QED) is 0.745. The third-order valence-electron chi connectivity index (χ3n) is 3.23. The van der Waals surface area contributed by atoms with Crippen molar-refractivity contribution in [3.05, 3.63) is 48.0 Å². The van der Waals surface area contributed by atoms with Crippen molar-refractivity contribution in [2.45, 2.75) is 13.8 Å². The van der Waals surface area contributed by atoms with Gasteiger partial charge in [-0.15, -0.1) is 0 Å². The first kappa shape index (κ1) is 12.3. The molecule has 0 atom stereocenters. The van der Waals surface area contributed by atoms with Gasteiger partial charge in [0.25, 0.3) is 0 Å². The SMILES string of the molecule is Cc1nc(N)c(C)c(Nc2cccc3ccncc23)n1. The van der Waals surface area contributed by atoms with Crippen molar-refractivity contribution in [3.8, 4) is 0 Å². The number of fused-ring (bicyclic) bond motifs is 1. The Morgan fingerprint density at radius 2 is 1.95 bits per heavy atom. The van der Waals surface area contributed by atoms with Crippen LogP contribution in [0, 0.1) is 13.8 Å². The van der Waals surface area contributed by atoms with Crippen LogP contribution in [-0.4, -0.2) is 15.0 Å². The number of aryl methyl sites for hydroxylation is 1. The molecule has 0 saturated carbocycles. The van der Waals surface area contributed by atoms with Crippen LogP contribution < -0.4 is 11.1 Å². The minimum absolute atomic E-state index is 0.498. The first-order valence-electron chi connectivity index (χ1n) is 6.35. The fourth-order valence-corrected chi connectivity index (χ4v) is 2.12. The Hall–Kier alpha value is -2.69. The summed E-state index contributed by atoms with van der Waals surface area (Å²) in [5.74, 6) is 1.87. The van der Waals surface area contributed by atoms with E-state index in [9.17, 15) is 0 Å². The average molecular weight is 265 g/mol. The van der Waals surface area contributed by atoms with Gasteiger partial charge >= 0.3 is 0 Å². The molecule has 0 saturated heterocycles. The Bertz CT molecular complexity index is 777. The number of hydrogen-bond acceptors (Lipinski definition) is 5. The number of nitrogens with one attached hydrogen (secondary N) is 1. The van der Waals surface area contributed by atoms with Gasteiger partial charge in [-0.3, -0.25) is 4.98 Å². The smallest absolute Gasteiger partial charge is 0.139 e. The number of nitrogen functional groups attached to an aromatic ring is 1. The van der Waals surface area contributed by atoms with Gasteiger partial charge in [0.15, 0.2) is 0 Å². The molecule has 5 heteroatoms. The molecule has 0 aliphatic rings. The van der Waals surface area contributed by atoms with Crippen LogP contribution >= 0.6 is 0 Å². The maximum absolute atomic E-state index is 5.88. The van der Waals surface area contributed by atoms with Gasteiger partial charge in [0.2, 0.25) is 0 Å². The normalized spacial score (nSPS) is 10.7. The average Bonchev–Trinajstić information content (AvgIpc) is 2.44. The van der Waals surface area contributed by atoms with Gasteiger partial charge in [-0.1, -0.05) is 12.1 Å².